The minimum Gasteiger partial charge on any atom is -0.365 e. The van der Waals surface area contributed by atoms with Crippen LogP contribution in [-0.4, -0.2) is 9.81 Å². The van der Waals surface area contributed by atoms with Crippen LogP contribution in [0.25, 0.3) is 0 Å². The molecule has 2 heteroatoms. The monoisotopic (exact) mass is 215 g/mol. The Kier molecular flexibility index (Phi) is 2.77. The molecule has 0 spiro atoms. The lowest BCUT2D eigenvalue weighted by Crippen LogP contribution is -1.98. The van der Waals surface area contributed by atoms with E-state index in [0.717, 1.165) is 6.42 Å². The van der Waals surface area contributed by atoms with Crippen LogP contribution in [0.1, 0.15) is 23.7 Å². The van der Waals surface area contributed by atoms with Crippen molar-refractivity contribution in [1.82, 2.24) is 4.98 Å². The van der Waals surface area contributed by atoms with Gasteiger partial charge in [-0.05, 0) is 31.4 Å². The molecule has 0 saturated heterocycles. The van der Waals surface area contributed by atoms with Crippen LogP contribution < -0.4 is 0 Å². The number of aromatic amines is 1. The van der Waals surface area contributed by atoms with Crippen LogP contribution in [0.4, 0.5) is 0 Å². The van der Waals surface area contributed by atoms with E-state index in [1.165, 1.54) is 16.8 Å². The molecule has 62 valence electrons. The number of aromatic nitrogens is 1. The third-order valence-electron chi connectivity index (χ3n) is 1.92. The fourth-order valence-electron chi connectivity index (χ4n) is 1.28. The van der Waals surface area contributed by atoms with Gasteiger partial charge in [0.15, 0.2) is 0 Å². The van der Waals surface area contributed by atoms with Gasteiger partial charge in [0.1, 0.15) is 0 Å². The molecule has 0 amide bonds. The molecule has 0 aliphatic rings. The zero-order valence-corrected chi connectivity index (χ0v) is 8.83. The van der Waals surface area contributed by atoms with Gasteiger partial charge in [-0.25, -0.2) is 0 Å². The van der Waals surface area contributed by atoms with E-state index in [9.17, 15) is 0 Å². The topological polar surface area (TPSA) is 15.8 Å². The Hall–Kier alpha value is -0.240. The fourth-order valence-corrected chi connectivity index (χ4v) is 1.61. The first-order valence-electron chi connectivity index (χ1n) is 3.88. The molecule has 1 aromatic heterocycles. The summed E-state index contributed by atoms with van der Waals surface area (Å²) in [6.45, 7) is 6.44. The predicted molar refractivity (Wildman–Crippen MR) is 52.4 cm³/mol. The highest BCUT2D eigenvalue weighted by Gasteiger charge is 2.06. The van der Waals surface area contributed by atoms with E-state index in [4.69, 9.17) is 0 Å². The molecule has 0 bridgehead atoms. The molecule has 1 atom stereocenters. The zero-order chi connectivity index (χ0) is 8.43. The molecule has 0 saturated carbocycles. The Morgan fingerprint density at radius 2 is 2.18 bits per heavy atom. The van der Waals surface area contributed by atoms with E-state index >= 15 is 0 Å². The van der Waals surface area contributed by atoms with Crippen LogP contribution in [0.15, 0.2) is 6.20 Å². The minimum absolute atomic E-state index is 0.565. The lowest BCUT2D eigenvalue weighted by atomic mass is 10.1. The Morgan fingerprint density at radius 3 is 2.55 bits per heavy atom. The van der Waals surface area contributed by atoms with Crippen molar-refractivity contribution in [3.63, 3.8) is 0 Å². The van der Waals surface area contributed by atoms with E-state index in [-0.39, 0.29) is 0 Å². The first kappa shape index (κ1) is 8.85. The molecule has 1 heterocycles. The fraction of sp³-hybridized carbons (Fsp3) is 0.556. The number of aryl methyl sites for hydroxylation is 2. The standard InChI is InChI=1S/C9H14BrN/c1-6-5-11-8(3)9(6)4-7(2)10/h5,7,11H,4H2,1-3H3. The van der Waals surface area contributed by atoms with Gasteiger partial charge >= 0.3 is 0 Å². The number of rotatable bonds is 2. The van der Waals surface area contributed by atoms with Gasteiger partial charge in [-0.3, -0.25) is 0 Å². The van der Waals surface area contributed by atoms with E-state index in [0.29, 0.717) is 4.83 Å². The summed E-state index contributed by atoms with van der Waals surface area (Å²) in [5, 5.41) is 0. The Bertz CT molecular complexity index is 218. The molecule has 1 unspecified atom stereocenters. The maximum atomic E-state index is 3.55. The summed E-state index contributed by atoms with van der Waals surface area (Å²) in [5.41, 5.74) is 4.12. The van der Waals surface area contributed by atoms with Gasteiger partial charge in [-0.1, -0.05) is 22.9 Å². The van der Waals surface area contributed by atoms with Crippen molar-refractivity contribution >= 4 is 15.9 Å². The molecule has 1 aromatic rings. The largest absolute Gasteiger partial charge is 0.365 e. The first-order chi connectivity index (χ1) is 5.11. The Morgan fingerprint density at radius 1 is 1.55 bits per heavy atom. The lowest BCUT2D eigenvalue weighted by Gasteiger charge is -2.03. The smallest absolute Gasteiger partial charge is 0.0158 e. The Labute approximate surface area is 76.3 Å². The number of halogens is 1. The highest BCUT2D eigenvalue weighted by molar-refractivity contribution is 9.09. The second kappa shape index (κ2) is 3.44. The first-order valence-corrected chi connectivity index (χ1v) is 4.80. The van der Waals surface area contributed by atoms with Crippen LogP contribution in [0.2, 0.25) is 0 Å². The summed E-state index contributed by atoms with van der Waals surface area (Å²) in [4.78, 5) is 3.79. The van der Waals surface area contributed by atoms with Crippen LogP contribution in [0.5, 0.6) is 0 Å². The van der Waals surface area contributed by atoms with Crippen molar-refractivity contribution in [2.45, 2.75) is 32.0 Å². The number of hydrogen-bond acceptors (Lipinski definition) is 0. The summed E-state index contributed by atoms with van der Waals surface area (Å²) < 4.78 is 0. The second-order valence-electron chi connectivity index (χ2n) is 3.06. The summed E-state index contributed by atoms with van der Waals surface area (Å²) >= 11 is 3.55. The Balaban J connectivity index is 2.83. The van der Waals surface area contributed by atoms with E-state index in [1.807, 2.05) is 0 Å². The summed E-state index contributed by atoms with van der Waals surface area (Å²) in [5.74, 6) is 0. The summed E-state index contributed by atoms with van der Waals surface area (Å²) in [6.07, 6.45) is 3.18. The minimum atomic E-state index is 0.565. The number of alkyl halides is 1. The van der Waals surface area contributed by atoms with Gasteiger partial charge in [-0.15, -0.1) is 0 Å². The molecular weight excluding hydrogens is 202 g/mol. The highest BCUT2D eigenvalue weighted by Crippen LogP contribution is 2.16. The summed E-state index contributed by atoms with van der Waals surface area (Å²) in [6, 6.07) is 0. The van der Waals surface area contributed by atoms with Gasteiger partial charge in [0.05, 0.1) is 0 Å². The molecule has 11 heavy (non-hydrogen) atoms. The molecule has 1 N–H and O–H groups in total. The molecule has 0 aromatic carbocycles. The third kappa shape index (κ3) is 2.09. The van der Waals surface area contributed by atoms with Gasteiger partial charge in [-0.2, -0.15) is 0 Å². The van der Waals surface area contributed by atoms with Gasteiger partial charge < -0.3 is 4.98 Å². The quantitative estimate of drug-likeness (QED) is 0.731. The molecule has 0 aliphatic heterocycles. The molecule has 1 rings (SSSR count). The normalized spacial score (nSPS) is 13.5. The van der Waals surface area contributed by atoms with E-state index < -0.39 is 0 Å². The average molecular weight is 216 g/mol. The third-order valence-corrected chi connectivity index (χ3v) is 2.24. The van der Waals surface area contributed by atoms with Crippen molar-refractivity contribution in [3.8, 4) is 0 Å². The van der Waals surface area contributed by atoms with Crippen molar-refractivity contribution in [2.75, 3.05) is 0 Å². The average Bonchev–Trinajstić information content (AvgIpc) is 2.18. The van der Waals surface area contributed by atoms with Crippen molar-refractivity contribution in [3.05, 3.63) is 23.0 Å². The van der Waals surface area contributed by atoms with Gasteiger partial charge in [0.25, 0.3) is 0 Å². The van der Waals surface area contributed by atoms with Crippen molar-refractivity contribution in [1.29, 1.82) is 0 Å². The van der Waals surface area contributed by atoms with E-state index in [2.05, 4.69) is 47.9 Å². The lowest BCUT2D eigenvalue weighted by molar-refractivity contribution is 0.940. The van der Waals surface area contributed by atoms with Crippen LogP contribution >= 0.6 is 15.9 Å². The molecular formula is C9H14BrN. The molecule has 0 radical (unpaired) electrons. The van der Waals surface area contributed by atoms with Crippen molar-refractivity contribution in [2.24, 2.45) is 0 Å². The van der Waals surface area contributed by atoms with Crippen LogP contribution in [0.3, 0.4) is 0 Å². The zero-order valence-electron chi connectivity index (χ0n) is 7.24. The number of H-pyrrole nitrogens is 1. The summed E-state index contributed by atoms with van der Waals surface area (Å²) in [7, 11) is 0. The molecule has 0 fully saturated rings. The highest BCUT2D eigenvalue weighted by atomic mass is 79.9. The molecule has 0 aliphatic carbocycles. The van der Waals surface area contributed by atoms with Gasteiger partial charge in [0, 0.05) is 16.7 Å². The molecule has 1 nitrogen and oxygen atoms in total. The van der Waals surface area contributed by atoms with E-state index in [1.54, 1.807) is 0 Å². The maximum Gasteiger partial charge on any atom is 0.0158 e. The second-order valence-corrected chi connectivity index (χ2v) is 4.62. The van der Waals surface area contributed by atoms with Gasteiger partial charge in [0.2, 0.25) is 0 Å². The maximum absolute atomic E-state index is 3.55. The van der Waals surface area contributed by atoms with Crippen LogP contribution in [0, 0.1) is 13.8 Å². The number of hydrogen-bond donors (Lipinski definition) is 1. The van der Waals surface area contributed by atoms with Crippen LogP contribution in [-0.2, 0) is 6.42 Å². The SMILES string of the molecule is Cc1c[nH]c(C)c1CC(C)Br. The number of nitrogens with one attached hydrogen (secondary N) is 1. The predicted octanol–water partition coefficient (Wildman–Crippen LogP) is 2.96. The van der Waals surface area contributed by atoms with Crippen molar-refractivity contribution < 1.29 is 0 Å².